The number of carbonyl (C=O) groups is 1. The molecule has 184 valence electrons. The van der Waals surface area contributed by atoms with E-state index in [-0.39, 0.29) is 10.8 Å². The highest BCUT2D eigenvalue weighted by molar-refractivity contribution is 7.89. The van der Waals surface area contributed by atoms with Crippen LogP contribution in [0.3, 0.4) is 0 Å². The maximum absolute atomic E-state index is 13.2. The molecule has 1 aromatic carbocycles. The summed E-state index contributed by atoms with van der Waals surface area (Å²) in [5, 5.41) is 9.92. The summed E-state index contributed by atoms with van der Waals surface area (Å²) in [6.07, 6.45) is 3.97. The van der Waals surface area contributed by atoms with Gasteiger partial charge in [-0.05, 0) is 36.8 Å². The summed E-state index contributed by atoms with van der Waals surface area (Å²) in [4.78, 5) is 19.5. The van der Waals surface area contributed by atoms with E-state index in [1.165, 1.54) is 11.4 Å². The van der Waals surface area contributed by atoms with Gasteiger partial charge in [0.25, 0.3) is 5.91 Å². The average Bonchev–Trinajstić information content (AvgIpc) is 3.55. The molecule has 11 nitrogen and oxygen atoms in total. The molecule has 5 rings (SSSR count). The van der Waals surface area contributed by atoms with E-state index in [1.807, 2.05) is 6.07 Å². The van der Waals surface area contributed by atoms with E-state index in [1.54, 1.807) is 47.6 Å². The molecule has 2 fully saturated rings. The average molecular weight is 499 g/mol. The number of anilines is 2. The third-order valence-corrected chi connectivity index (χ3v) is 8.01. The van der Waals surface area contributed by atoms with Crippen molar-refractivity contribution in [3.8, 4) is 17.0 Å². The summed E-state index contributed by atoms with van der Waals surface area (Å²) in [7, 11) is -2.10. The Hall–Kier alpha value is -3.48. The van der Waals surface area contributed by atoms with Gasteiger partial charge in [0.15, 0.2) is 0 Å². The fourth-order valence-electron chi connectivity index (χ4n) is 4.28. The fraction of sp³-hybridized carbons (Fsp3) is 0.348. The molecule has 0 aliphatic carbocycles. The highest BCUT2D eigenvalue weighted by Crippen LogP contribution is 2.32. The van der Waals surface area contributed by atoms with Crippen LogP contribution in [0, 0.1) is 0 Å². The number of nitrogens with zero attached hydrogens (tertiary/aromatic N) is 4. The number of methoxy groups -OCH3 is 1. The number of rotatable bonds is 7. The van der Waals surface area contributed by atoms with Crippen molar-refractivity contribution in [2.75, 3.05) is 50.2 Å². The predicted molar refractivity (Wildman–Crippen MR) is 129 cm³/mol. The Morgan fingerprint density at radius 3 is 2.74 bits per heavy atom. The Morgan fingerprint density at radius 2 is 2.00 bits per heavy atom. The highest BCUT2D eigenvalue weighted by Gasteiger charge is 2.34. The molecule has 2 aliphatic heterocycles. The van der Waals surface area contributed by atoms with Gasteiger partial charge in [-0.25, -0.2) is 8.42 Å². The number of pyridine rings is 1. The third kappa shape index (κ3) is 4.59. The van der Waals surface area contributed by atoms with Crippen LogP contribution in [0.15, 0.2) is 53.7 Å². The van der Waals surface area contributed by atoms with E-state index >= 15 is 0 Å². The smallest absolute Gasteiger partial charge is 0.250 e. The normalized spacial score (nSPS) is 19.2. The van der Waals surface area contributed by atoms with Crippen LogP contribution in [0.4, 0.5) is 11.5 Å². The zero-order valence-electron chi connectivity index (χ0n) is 19.2. The standard InChI is InChI=1S/C23H26N6O5S/c1-33-22-19(16-14-24-25-15-16)5-6-21(27-22)29-8-7-20(23(29)30)26-17-3-2-4-18(13-17)35(31,32)28-9-11-34-12-10-28/h2-6,13-15,20,26H,7-12H2,1H3,(H,24,25). The number of aromatic amines is 1. The second-order valence-electron chi connectivity index (χ2n) is 8.23. The molecule has 4 heterocycles. The van der Waals surface area contributed by atoms with Crippen LogP contribution >= 0.6 is 0 Å². The van der Waals surface area contributed by atoms with Crippen LogP contribution in [-0.2, 0) is 19.6 Å². The molecule has 0 saturated carbocycles. The van der Waals surface area contributed by atoms with Gasteiger partial charge in [0.2, 0.25) is 15.9 Å². The van der Waals surface area contributed by atoms with Crippen LogP contribution in [0.5, 0.6) is 5.88 Å². The van der Waals surface area contributed by atoms with Gasteiger partial charge in [0.1, 0.15) is 11.9 Å². The summed E-state index contributed by atoms with van der Waals surface area (Å²) in [6, 6.07) is 9.69. The summed E-state index contributed by atoms with van der Waals surface area (Å²) >= 11 is 0. The number of carbonyl (C=O) groups excluding carboxylic acids is 1. The van der Waals surface area contributed by atoms with Gasteiger partial charge < -0.3 is 14.8 Å². The molecule has 1 unspecified atom stereocenters. The molecule has 2 N–H and O–H groups in total. The van der Waals surface area contributed by atoms with Gasteiger partial charge >= 0.3 is 0 Å². The van der Waals surface area contributed by atoms with Crippen molar-refractivity contribution in [3.63, 3.8) is 0 Å². The lowest BCUT2D eigenvalue weighted by atomic mass is 10.1. The van der Waals surface area contributed by atoms with Gasteiger partial charge in [-0.3, -0.25) is 14.8 Å². The van der Waals surface area contributed by atoms with Crippen LogP contribution in [-0.4, -0.2) is 79.8 Å². The largest absolute Gasteiger partial charge is 0.480 e. The maximum atomic E-state index is 13.2. The minimum atomic E-state index is -3.63. The van der Waals surface area contributed by atoms with Gasteiger partial charge in [-0.1, -0.05) is 6.07 Å². The van der Waals surface area contributed by atoms with Crippen molar-refractivity contribution in [1.82, 2.24) is 19.5 Å². The number of amides is 1. The Morgan fingerprint density at radius 1 is 1.17 bits per heavy atom. The lowest BCUT2D eigenvalue weighted by Gasteiger charge is -2.26. The molecule has 0 bridgehead atoms. The van der Waals surface area contributed by atoms with Crippen molar-refractivity contribution in [3.05, 3.63) is 48.8 Å². The van der Waals surface area contributed by atoms with E-state index in [0.717, 1.165) is 11.1 Å². The first kappa shape index (κ1) is 23.3. The molecular formula is C23H26N6O5S. The Bertz CT molecular complexity index is 1310. The first-order chi connectivity index (χ1) is 17.0. The third-order valence-electron chi connectivity index (χ3n) is 6.11. The van der Waals surface area contributed by atoms with Crippen molar-refractivity contribution in [2.24, 2.45) is 0 Å². The minimum Gasteiger partial charge on any atom is -0.480 e. The van der Waals surface area contributed by atoms with Gasteiger partial charge in [0.05, 0.1) is 31.4 Å². The predicted octanol–water partition coefficient (Wildman–Crippen LogP) is 1.72. The Balaban J connectivity index is 1.31. The van der Waals surface area contributed by atoms with Gasteiger partial charge in [-0.2, -0.15) is 14.4 Å². The van der Waals surface area contributed by atoms with Gasteiger partial charge in [-0.15, -0.1) is 0 Å². The second kappa shape index (κ2) is 9.64. The number of ether oxygens (including phenoxy) is 2. The van der Waals surface area contributed by atoms with Crippen LogP contribution in [0.25, 0.3) is 11.1 Å². The molecule has 1 amide bonds. The summed E-state index contributed by atoms with van der Waals surface area (Å²) in [5.74, 6) is 0.748. The molecule has 12 heteroatoms. The van der Waals surface area contributed by atoms with Crippen molar-refractivity contribution in [2.45, 2.75) is 17.4 Å². The van der Waals surface area contributed by atoms with E-state index < -0.39 is 16.1 Å². The lowest BCUT2D eigenvalue weighted by Crippen LogP contribution is -2.40. The maximum Gasteiger partial charge on any atom is 0.250 e. The van der Waals surface area contributed by atoms with E-state index in [9.17, 15) is 13.2 Å². The summed E-state index contributed by atoms with van der Waals surface area (Å²) in [6.45, 7) is 1.89. The fourth-order valence-corrected chi connectivity index (χ4v) is 5.73. The number of H-pyrrole nitrogens is 1. The van der Waals surface area contributed by atoms with Crippen molar-refractivity contribution < 1.29 is 22.7 Å². The van der Waals surface area contributed by atoms with Crippen LogP contribution in [0.1, 0.15) is 6.42 Å². The first-order valence-electron chi connectivity index (χ1n) is 11.3. The number of hydrogen-bond donors (Lipinski definition) is 2. The molecule has 2 saturated heterocycles. The monoisotopic (exact) mass is 498 g/mol. The topological polar surface area (TPSA) is 130 Å². The Labute approximate surface area is 203 Å². The quantitative estimate of drug-likeness (QED) is 0.504. The number of nitrogens with one attached hydrogen (secondary N) is 2. The lowest BCUT2D eigenvalue weighted by molar-refractivity contribution is -0.117. The molecule has 1 atom stereocenters. The summed E-state index contributed by atoms with van der Waals surface area (Å²) in [5.41, 5.74) is 2.17. The van der Waals surface area contributed by atoms with Crippen LogP contribution < -0.4 is 15.0 Å². The minimum absolute atomic E-state index is 0.142. The molecule has 0 radical (unpaired) electrons. The number of hydrogen-bond acceptors (Lipinski definition) is 8. The van der Waals surface area contributed by atoms with E-state index in [4.69, 9.17) is 9.47 Å². The molecule has 0 spiro atoms. The van der Waals surface area contributed by atoms with Crippen LogP contribution in [0.2, 0.25) is 0 Å². The summed E-state index contributed by atoms with van der Waals surface area (Å²) < 4.78 is 38.1. The van der Waals surface area contributed by atoms with E-state index in [0.29, 0.717) is 56.7 Å². The Kier molecular flexibility index (Phi) is 6.41. The SMILES string of the molecule is COc1nc(N2CCC(Nc3cccc(S(=O)(=O)N4CCOCC4)c3)C2=O)ccc1-c1cn[nH]c1. The first-order valence-corrected chi connectivity index (χ1v) is 12.7. The van der Waals surface area contributed by atoms with Crippen molar-refractivity contribution in [1.29, 1.82) is 0 Å². The molecule has 3 aromatic rings. The van der Waals surface area contributed by atoms with Crippen molar-refractivity contribution >= 4 is 27.4 Å². The highest BCUT2D eigenvalue weighted by atomic mass is 32.2. The molecule has 35 heavy (non-hydrogen) atoms. The number of sulfonamides is 1. The second-order valence-corrected chi connectivity index (χ2v) is 10.2. The number of benzene rings is 1. The molecule has 2 aromatic heterocycles. The molecular weight excluding hydrogens is 472 g/mol. The number of aromatic nitrogens is 3. The van der Waals surface area contributed by atoms with E-state index in [2.05, 4.69) is 20.5 Å². The zero-order valence-corrected chi connectivity index (χ0v) is 20.0. The molecule has 2 aliphatic rings. The number of morpholine rings is 1. The van der Waals surface area contributed by atoms with Gasteiger partial charge in [0, 0.05) is 42.6 Å². The zero-order chi connectivity index (χ0) is 24.4.